The standard InChI is InChI=1S/C24H24N2O7S/c1-2-32-24(31)21-17(15-7-8-15)13-34-22(21)25-18(27)12-33-23(30)16-5-3-14(4-6-16)11-26-19(28)9-10-20(26)29/h3-6,13,15H,2,7-12H2,1H3,(H,25,27). The lowest BCUT2D eigenvalue weighted by Crippen LogP contribution is -2.28. The number of nitrogens with one attached hydrogen (secondary N) is 1. The number of likely N-dealkylation sites (tertiary alicyclic amines) is 1. The van der Waals surface area contributed by atoms with Crippen LogP contribution in [0.1, 0.15) is 70.4 Å². The number of amides is 3. The number of imide groups is 1. The first-order chi connectivity index (χ1) is 16.4. The van der Waals surface area contributed by atoms with Crippen molar-refractivity contribution in [3.63, 3.8) is 0 Å². The Morgan fingerprint density at radius 1 is 1.03 bits per heavy atom. The van der Waals surface area contributed by atoms with Gasteiger partial charge in [-0.2, -0.15) is 0 Å². The SMILES string of the molecule is CCOC(=O)c1c(C2CC2)csc1NC(=O)COC(=O)c1ccc(CN2C(=O)CCC2=O)cc1. The normalized spacial score (nSPS) is 15.4. The smallest absolute Gasteiger partial charge is 0.341 e. The summed E-state index contributed by atoms with van der Waals surface area (Å²) in [5.74, 6) is -1.84. The van der Waals surface area contributed by atoms with E-state index in [0.717, 1.165) is 18.4 Å². The van der Waals surface area contributed by atoms with Crippen molar-refractivity contribution in [2.24, 2.45) is 0 Å². The average Bonchev–Trinajstić information content (AvgIpc) is 3.52. The Morgan fingerprint density at radius 2 is 1.71 bits per heavy atom. The van der Waals surface area contributed by atoms with Crippen molar-refractivity contribution < 1.29 is 33.4 Å². The van der Waals surface area contributed by atoms with E-state index in [1.807, 2.05) is 5.38 Å². The molecule has 0 bridgehead atoms. The van der Waals surface area contributed by atoms with Crippen molar-refractivity contribution in [3.05, 3.63) is 51.9 Å². The monoisotopic (exact) mass is 484 g/mol. The predicted molar refractivity (Wildman–Crippen MR) is 122 cm³/mol. The van der Waals surface area contributed by atoms with Crippen LogP contribution in [0.2, 0.25) is 0 Å². The molecule has 0 unspecified atom stereocenters. The van der Waals surface area contributed by atoms with Gasteiger partial charge in [0.25, 0.3) is 5.91 Å². The van der Waals surface area contributed by atoms with Gasteiger partial charge in [-0.1, -0.05) is 12.1 Å². The van der Waals surface area contributed by atoms with Gasteiger partial charge in [0.1, 0.15) is 5.00 Å². The predicted octanol–water partition coefficient (Wildman–Crippen LogP) is 3.25. The Hall–Kier alpha value is -3.53. The number of benzene rings is 1. The van der Waals surface area contributed by atoms with Crippen LogP contribution >= 0.6 is 11.3 Å². The molecule has 9 nitrogen and oxygen atoms in total. The summed E-state index contributed by atoms with van der Waals surface area (Å²) in [6.07, 6.45) is 2.44. The van der Waals surface area contributed by atoms with Gasteiger partial charge in [-0.3, -0.25) is 19.3 Å². The van der Waals surface area contributed by atoms with Crippen LogP contribution < -0.4 is 5.32 Å². The highest BCUT2D eigenvalue weighted by Crippen LogP contribution is 2.46. The van der Waals surface area contributed by atoms with Crippen LogP contribution in [0, 0.1) is 0 Å². The van der Waals surface area contributed by atoms with E-state index in [4.69, 9.17) is 9.47 Å². The second kappa shape index (κ2) is 10.2. The third kappa shape index (κ3) is 5.33. The fourth-order valence-corrected chi connectivity index (χ4v) is 4.72. The molecule has 1 N–H and O–H groups in total. The number of rotatable bonds is 9. The van der Waals surface area contributed by atoms with Gasteiger partial charge in [-0.15, -0.1) is 11.3 Å². The summed E-state index contributed by atoms with van der Waals surface area (Å²) in [7, 11) is 0. The number of hydrogen-bond acceptors (Lipinski definition) is 8. The first-order valence-corrected chi connectivity index (χ1v) is 11.9. The molecular weight excluding hydrogens is 460 g/mol. The lowest BCUT2D eigenvalue weighted by atomic mass is 10.1. The lowest BCUT2D eigenvalue weighted by Gasteiger charge is -2.13. The van der Waals surface area contributed by atoms with Gasteiger partial charge >= 0.3 is 11.9 Å². The molecule has 1 saturated carbocycles. The molecule has 2 heterocycles. The van der Waals surface area contributed by atoms with Crippen LogP contribution in [0.4, 0.5) is 5.00 Å². The summed E-state index contributed by atoms with van der Waals surface area (Å²) in [5.41, 5.74) is 2.19. The van der Waals surface area contributed by atoms with Gasteiger partial charge in [0.05, 0.1) is 24.3 Å². The number of anilines is 1. The summed E-state index contributed by atoms with van der Waals surface area (Å²) in [6, 6.07) is 6.29. The molecular formula is C24H24N2O7S. The fourth-order valence-electron chi connectivity index (χ4n) is 3.68. The van der Waals surface area contributed by atoms with Crippen LogP contribution in [-0.4, -0.2) is 47.8 Å². The van der Waals surface area contributed by atoms with Crippen molar-refractivity contribution in [2.45, 2.75) is 45.1 Å². The highest BCUT2D eigenvalue weighted by molar-refractivity contribution is 7.15. The Kier molecular flexibility index (Phi) is 7.06. The number of ether oxygens (including phenoxy) is 2. The molecule has 1 aliphatic carbocycles. The van der Waals surface area contributed by atoms with Crippen LogP contribution in [-0.2, 0) is 30.4 Å². The molecule has 178 valence electrons. The molecule has 0 spiro atoms. The minimum Gasteiger partial charge on any atom is -0.462 e. The van der Waals surface area contributed by atoms with Crippen LogP contribution in [0.3, 0.4) is 0 Å². The zero-order valence-corrected chi connectivity index (χ0v) is 19.4. The molecule has 0 atom stereocenters. The number of carbonyl (C=O) groups excluding carboxylic acids is 5. The van der Waals surface area contributed by atoms with Gasteiger partial charge in [0.15, 0.2) is 6.61 Å². The van der Waals surface area contributed by atoms with Crippen molar-refractivity contribution in [1.82, 2.24) is 4.90 Å². The van der Waals surface area contributed by atoms with E-state index in [1.54, 1.807) is 19.1 Å². The number of esters is 2. The van der Waals surface area contributed by atoms with Crippen molar-refractivity contribution in [2.75, 3.05) is 18.5 Å². The Bertz CT molecular complexity index is 1120. The van der Waals surface area contributed by atoms with E-state index in [1.165, 1.54) is 28.4 Å². The lowest BCUT2D eigenvalue weighted by molar-refractivity contribution is -0.139. The van der Waals surface area contributed by atoms with Crippen LogP contribution in [0.5, 0.6) is 0 Å². The topological polar surface area (TPSA) is 119 Å². The number of carbonyl (C=O) groups is 5. The van der Waals surface area contributed by atoms with Crippen molar-refractivity contribution in [3.8, 4) is 0 Å². The van der Waals surface area contributed by atoms with Gasteiger partial charge in [-0.05, 0) is 54.3 Å². The maximum atomic E-state index is 12.4. The number of nitrogens with zero attached hydrogens (tertiary/aromatic N) is 1. The van der Waals surface area contributed by atoms with Gasteiger partial charge in [0.2, 0.25) is 11.8 Å². The fraction of sp³-hybridized carbons (Fsp3) is 0.375. The zero-order valence-electron chi connectivity index (χ0n) is 18.6. The molecule has 1 saturated heterocycles. The Balaban J connectivity index is 1.32. The van der Waals surface area contributed by atoms with Crippen LogP contribution in [0.25, 0.3) is 0 Å². The van der Waals surface area contributed by atoms with E-state index < -0.39 is 24.5 Å². The van der Waals surface area contributed by atoms with Crippen molar-refractivity contribution in [1.29, 1.82) is 0 Å². The number of thiophene rings is 1. The number of hydrogen-bond donors (Lipinski definition) is 1. The molecule has 0 radical (unpaired) electrons. The summed E-state index contributed by atoms with van der Waals surface area (Å²) >= 11 is 1.25. The molecule has 10 heteroatoms. The highest BCUT2D eigenvalue weighted by atomic mass is 32.1. The van der Waals surface area contributed by atoms with Crippen LogP contribution in [0.15, 0.2) is 29.6 Å². The minimum atomic E-state index is -0.689. The summed E-state index contributed by atoms with van der Waals surface area (Å²) in [5, 5.41) is 4.89. The molecule has 1 aromatic heterocycles. The van der Waals surface area contributed by atoms with E-state index in [2.05, 4.69) is 5.32 Å². The molecule has 4 rings (SSSR count). The Morgan fingerprint density at radius 3 is 2.32 bits per heavy atom. The average molecular weight is 485 g/mol. The zero-order chi connectivity index (χ0) is 24.2. The third-order valence-electron chi connectivity index (χ3n) is 5.59. The molecule has 2 fully saturated rings. The molecule has 1 aromatic carbocycles. The maximum Gasteiger partial charge on any atom is 0.341 e. The summed E-state index contributed by atoms with van der Waals surface area (Å²) < 4.78 is 10.2. The second-order valence-corrected chi connectivity index (χ2v) is 8.96. The quantitative estimate of drug-likeness (QED) is 0.429. The minimum absolute atomic E-state index is 0.155. The first kappa shape index (κ1) is 23.6. The van der Waals surface area contributed by atoms with E-state index in [9.17, 15) is 24.0 Å². The molecule has 2 aliphatic rings. The summed E-state index contributed by atoms with van der Waals surface area (Å²) in [6.45, 7) is 1.59. The van der Waals surface area contributed by atoms with E-state index in [-0.39, 0.29) is 43.4 Å². The van der Waals surface area contributed by atoms with E-state index in [0.29, 0.717) is 22.0 Å². The molecule has 3 amide bonds. The highest BCUT2D eigenvalue weighted by Gasteiger charge is 2.32. The molecule has 34 heavy (non-hydrogen) atoms. The first-order valence-electron chi connectivity index (χ1n) is 11.0. The largest absolute Gasteiger partial charge is 0.462 e. The van der Waals surface area contributed by atoms with Gasteiger partial charge in [0, 0.05) is 12.8 Å². The molecule has 1 aliphatic heterocycles. The summed E-state index contributed by atoms with van der Waals surface area (Å²) in [4.78, 5) is 61.8. The Labute approximate surface area is 200 Å². The van der Waals surface area contributed by atoms with E-state index >= 15 is 0 Å². The second-order valence-electron chi connectivity index (χ2n) is 8.08. The van der Waals surface area contributed by atoms with Crippen molar-refractivity contribution >= 4 is 46.0 Å². The molecule has 2 aromatic rings. The third-order valence-corrected chi connectivity index (χ3v) is 6.50. The maximum absolute atomic E-state index is 12.4. The van der Waals surface area contributed by atoms with Gasteiger partial charge in [-0.25, -0.2) is 9.59 Å². The van der Waals surface area contributed by atoms with Gasteiger partial charge < -0.3 is 14.8 Å².